The summed E-state index contributed by atoms with van der Waals surface area (Å²) in [4.78, 5) is 0. The lowest BCUT2D eigenvalue weighted by atomic mass is 10.2. The maximum Gasteiger partial charge on any atom is 0.138 e. The summed E-state index contributed by atoms with van der Waals surface area (Å²) >= 11 is 3.13. The third-order valence-electron chi connectivity index (χ3n) is 2.73. The molecule has 0 saturated carbocycles. The van der Waals surface area contributed by atoms with Gasteiger partial charge in [0.05, 0.1) is 16.4 Å². The molecule has 3 aromatic rings. The number of hydrogen-bond donors (Lipinski definition) is 0. The van der Waals surface area contributed by atoms with E-state index in [1.165, 1.54) is 6.07 Å². The van der Waals surface area contributed by atoms with Gasteiger partial charge in [0, 0.05) is 5.56 Å². The molecule has 3 nitrogen and oxygen atoms in total. The topological polar surface area (TPSA) is 30.7 Å². The minimum Gasteiger partial charge on any atom is -0.220 e. The highest BCUT2D eigenvalue weighted by Gasteiger charge is 2.07. The summed E-state index contributed by atoms with van der Waals surface area (Å²) < 4.78 is 15.6. The van der Waals surface area contributed by atoms with Gasteiger partial charge in [-0.1, -0.05) is 29.5 Å². The van der Waals surface area contributed by atoms with Crippen molar-refractivity contribution in [1.82, 2.24) is 15.0 Å². The van der Waals surface area contributed by atoms with Gasteiger partial charge in [-0.3, -0.25) is 0 Å². The average molecular weight is 318 g/mol. The molecule has 0 saturated heterocycles. The van der Waals surface area contributed by atoms with Gasteiger partial charge in [-0.2, -0.15) is 0 Å². The van der Waals surface area contributed by atoms with E-state index in [1.54, 1.807) is 23.0 Å². The molecular weight excluding hydrogens is 309 g/mol. The lowest BCUT2D eigenvalue weighted by Gasteiger charge is -1.99. The standard InChI is InChI=1S/C14H9BrFN3/c15-12-7-6-10(8-13(12)16)14-9-19(18-17-14)11-4-2-1-3-5-11/h1-9H. The molecule has 5 heteroatoms. The lowest BCUT2D eigenvalue weighted by Crippen LogP contribution is -1.93. The second-order valence-corrected chi connectivity index (χ2v) is 4.87. The summed E-state index contributed by atoms with van der Waals surface area (Å²) in [5.41, 5.74) is 2.25. The van der Waals surface area contributed by atoms with Crippen molar-refractivity contribution in [1.29, 1.82) is 0 Å². The van der Waals surface area contributed by atoms with Crippen molar-refractivity contribution in [3.63, 3.8) is 0 Å². The molecule has 0 N–H and O–H groups in total. The van der Waals surface area contributed by atoms with Gasteiger partial charge in [-0.15, -0.1) is 5.10 Å². The van der Waals surface area contributed by atoms with Crippen LogP contribution < -0.4 is 0 Å². The first-order valence-corrected chi connectivity index (χ1v) is 6.46. The normalized spacial score (nSPS) is 10.6. The molecule has 0 radical (unpaired) electrons. The highest BCUT2D eigenvalue weighted by atomic mass is 79.9. The molecule has 0 aliphatic rings. The Balaban J connectivity index is 1.99. The molecule has 2 aromatic carbocycles. The summed E-state index contributed by atoms with van der Waals surface area (Å²) in [5.74, 6) is -0.313. The molecule has 0 bridgehead atoms. The molecule has 0 atom stereocenters. The molecule has 19 heavy (non-hydrogen) atoms. The first-order valence-electron chi connectivity index (χ1n) is 5.67. The monoisotopic (exact) mass is 317 g/mol. The number of halogens is 2. The fourth-order valence-corrected chi connectivity index (χ4v) is 2.01. The maximum absolute atomic E-state index is 13.5. The van der Waals surface area contributed by atoms with Gasteiger partial charge in [0.15, 0.2) is 0 Å². The van der Waals surface area contributed by atoms with Crippen LogP contribution in [-0.2, 0) is 0 Å². The Kier molecular flexibility index (Phi) is 3.13. The number of benzene rings is 2. The second-order valence-electron chi connectivity index (χ2n) is 4.01. The van der Waals surface area contributed by atoms with Gasteiger partial charge in [0.1, 0.15) is 11.5 Å². The van der Waals surface area contributed by atoms with E-state index in [0.717, 1.165) is 5.69 Å². The minimum absolute atomic E-state index is 0.313. The molecule has 0 aliphatic carbocycles. The zero-order chi connectivity index (χ0) is 13.2. The van der Waals surface area contributed by atoms with Gasteiger partial charge >= 0.3 is 0 Å². The Morgan fingerprint density at radius 1 is 1.05 bits per heavy atom. The molecule has 0 amide bonds. The SMILES string of the molecule is Fc1cc(-c2cn(-c3ccccc3)nn2)ccc1Br. The van der Waals surface area contributed by atoms with E-state index in [-0.39, 0.29) is 5.82 Å². The number of hydrogen-bond acceptors (Lipinski definition) is 2. The van der Waals surface area contributed by atoms with Crippen molar-refractivity contribution >= 4 is 15.9 Å². The third kappa shape index (κ3) is 2.42. The van der Waals surface area contributed by atoms with Crippen LogP contribution in [0.4, 0.5) is 4.39 Å². The molecular formula is C14H9BrFN3. The number of aromatic nitrogens is 3. The molecule has 0 spiro atoms. The Morgan fingerprint density at radius 2 is 1.84 bits per heavy atom. The fourth-order valence-electron chi connectivity index (χ4n) is 1.76. The van der Waals surface area contributed by atoms with E-state index < -0.39 is 0 Å². The highest BCUT2D eigenvalue weighted by molar-refractivity contribution is 9.10. The van der Waals surface area contributed by atoms with Crippen molar-refractivity contribution in [2.75, 3.05) is 0 Å². The molecule has 0 unspecified atom stereocenters. The van der Waals surface area contributed by atoms with Crippen LogP contribution in [0.25, 0.3) is 16.9 Å². The largest absolute Gasteiger partial charge is 0.220 e. The van der Waals surface area contributed by atoms with E-state index in [0.29, 0.717) is 15.7 Å². The van der Waals surface area contributed by atoms with Gasteiger partial charge in [-0.05, 0) is 40.2 Å². The summed E-state index contributed by atoms with van der Waals surface area (Å²) in [5, 5.41) is 8.11. The minimum atomic E-state index is -0.313. The van der Waals surface area contributed by atoms with Crippen molar-refractivity contribution in [2.24, 2.45) is 0 Å². The molecule has 1 aromatic heterocycles. The predicted molar refractivity (Wildman–Crippen MR) is 74.5 cm³/mol. The maximum atomic E-state index is 13.5. The van der Waals surface area contributed by atoms with Crippen molar-refractivity contribution in [3.05, 3.63) is 65.0 Å². The fraction of sp³-hybridized carbons (Fsp3) is 0. The quantitative estimate of drug-likeness (QED) is 0.719. The molecule has 0 fully saturated rings. The van der Waals surface area contributed by atoms with Crippen LogP contribution in [0.3, 0.4) is 0 Å². The van der Waals surface area contributed by atoms with Crippen LogP contribution in [0, 0.1) is 5.82 Å². The van der Waals surface area contributed by atoms with Crippen LogP contribution >= 0.6 is 15.9 Å². The van der Waals surface area contributed by atoms with Crippen molar-refractivity contribution in [3.8, 4) is 16.9 Å². The first-order chi connectivity index (χ1) is 9.24. The van der Waals surface area contributed by atoms with Gasteiger partial charge in [0.25, 0.3) is 0 Å². The van der Waals surface area contributed by atoms with Crippen LogP contribution in [0.2, 0.25) is 0 Å². The van der Waals surface area contributed by atoms with E-state index >= 15 is 0 Å². The van der Waals surface area contributed by atoms with Crippen LogP contribution in [0.5, 0.6) is 0 Å². The molecule has 0 aliphatic heterocycles. The Morgan fingerprint density at radius 3 is 2.58 bits per heavy atom. The molecule has 3 rings (SSSR count). The van der Waals surface area contributed by atoms with E-state index in [9.17, 15) is 4.39 Å². The second kappa shape index (κ2) is 4.93. The van der Waals surface area contributed by atoms with E-state index in [1.807, 2.05) is 30.3 Å². The van der Waals surface area contributed by atoms with E-state index in [4.69, 9.17) is 0 Å². The first kappa shape index (κ1) is 12.0. The Bertz CT molecular complexity index is 710. The summed E-state index contributed by atoms with van der Waals surface area (Å²) in [6.45, 7) is 0. The summed E-state index contributed by atoms with van der Waals surface area (Å²) in [7, 11) is 0. The van der Waals surface area contributed by atoms with Gasteiger partial charge < -0.3 is 0 Å². The molecule has 94 valence electrons. The zero-order valence-corrected chi connectivity index (χ0v) is 11.4. The average Bonchev–Trinajstić information content (AvgIpc) is 2.93. The smallest absolute Gasteiger partial charge is 0.138 e. The van der Waals surface area contributed by atoms with Crippen LogP contribution in [-0.4, -0.2) is 15.0 Å². The predicted octanol–water partition coefficient (Wildman–Crippen LogP) is 3.84. The zero-order valence-electron chi connectivity index (χ0n) is 9.79. The highest BCUT2D eigenvalue weighted by Crippen LogP contribution is 2.23. The van der Waals surface area contributed by atoms with Crippen molar-refractivity contribution in [2.45, 2.75) is 0 Å². The number of para-hydroxylation sites is 1. The van der Waals surface area contributed by atoms with Gasteiger partial charge in [0.2, 0.25) is 0 Å². The van der Waals surface area contributed by atoms with Crippen LogP contribution in [0.15, 0.2) is 59.2 Å². The Labute approximate surface area is 117 Å². The number of nitrogens with zero attached hydrogens (tertiary/aromatic N) is 3. The van der Waals surface area contributed by atoms with E-state index in [2.05, 4.69) is 26.2 Å². The third-order valence-corrected chi connectivity index (χ3v) is 3.37. The summed E-state index contributed by atoms with van der Waals surface area (Å²) in [6.07, 6.45) is 1.78. The summed E-state index contributed by atoms with van der Waals surface area (Å²) in [6, 6.07) is 14.5. The lowest BCUT2D eigenvalue weighted by molar-refractivity contribution is 0.621. The van der Waals surface area contributed by atoms with Gasteiger partial charge in [-0.25, -0.2) is 9.07 Å². The van der Waals surface area contributed by atoms with Crippen LogP contribution in [0.1, 0.15) is 0 Å². The van der Waals surface area contributed by atoms with Crippen molar-refractivity contribution < 1.29 is 4.39 Å². The Hall–Kier alpha value is -2.01. The molecule has 1 heterocycles. The number of rotatable bonds is 2.